The first-order chi connectivity index (χ1) is 14.6. The Morgan fingerprint density at radius 2 is 1.83 bits per heavy atom. The third-order valence-corrected chi connectivity index (χ3v) is 5.94. The van der Waals surface area contributed by atoms with Crippen molar-refractivity contribution in [1.29, 1.82) is 0 Å². The molecule has 5 nitrogen and oxygen atoms in total. The highest BCUT2D eigenvalue weighted by atomic mass is 16.6. The van der Waals surface area contributed by atoms with Gasteiger partial charge in [0.2, 0.25) is 0 Å². The van der Waals surface area contributed by atoms with Crippen molar-refractivity contribution >= 4 is 6.09 Å². The van der Waals surface area contributed by atoms with Crippen molar-refractivity contribution in [1.82, 2.24) is 9.88 Å². The molecule has 4 rings (SSSR count). The van der Waals surface area contributed by atoms with E-state index in [1.54, 1.807) is 11.1 Å². The molecule has 1 aliphatic rings. The number of nitrogens with zero attached hydrogens (tertiary/aromatic N) is 2. The summed E-state index contributed by atoms with van der Waals surface area (Å²) in [5.41, 5.74) is 3.36. The highest BCUT2D eigenvalue weighted by Gasteiger charge is 2.43. The summed E-state index contributed by atoms with van der Waals surface area (Å²) >= 11 is 0. The number of benzene rings is 2. The lowest BCUT2D eigenvalue weighted by atomic mass is 9.85. The van der Waals surface area contributed by atoms with Gasteiger partial charge in [0, 0.05) is 38.4 Å². The number of hydrogen-bond acceptors (Lipinski definition) is 4. The molecule has 2 aromatic carbocycles. The third-order valence-electron chi connectivity index (χ3n) is 5.94. The van der Waals surface area contributed by atoms with Crippen LogP contribution in [-0.4, -0.2) is 34.2 Å². The molecule has 2 atom stereocenters. The Labute approximate surface area is 177 Å². The predicted octanol–water partition coefficient (Wildman–Crippen LogP) is 4.93. The summed E-state index contributed by atoms with van der Waals surface area (Å²) in [5.74, 6) is 0. The van der Waals surface area contributed by atoms with Crippen LogP contribution in [0.5, 0.6) is 0 Å². The van der Waals surface area contributed by atoms with E-state index in [1.807, 2.05) is 67.7 Å². The van der Waals surface area contributed by atoms with E-state index < -0.39 is 5.60 Å². The molecule has 3 aromatic rings. The molecule has 0 aliphatic carbocycles. The molecule has 5 heteroatoms. The molecule has 30 heavy (non-hydrogen) atoms. The van der Waals surface area contributed by atoms with Gasteiger partial charge in [-0.1, -0.05) is 60.7 Å². The minimum Gasteiger partial charge on any atom is -0.438 e. The molecule has 1 aromatic heterocycles. The Morgan fingerprint density at radius 1 is 1.07 bits per heavy atom. The number of aromatic nitrogens is 1. The van der Waals surface area contributed by atoms with E-state index in [9.17, 15) is 9.90 Å². The number of carbonyl (C=O) groups excluding carboxylic acids is 1. The van der Waals surface area contributed by atoms with Crippen LogP contribution < -0.4 is 0 Å². The van der Waals surface area contributed by atoms with E-state index in [0.717, 1.165) is 22.3 Å². The maximum absolute atomic E-state index is 13.0. The largest absolute Gasteiger partial charge is 0.438 e. The van der Waals surface area contributed by atoms with E-state index in [4.69, 9.17) is 4.74 Å². The smallest absolute Gasteiger partial charge is 0.411 e. The summed E-state index contributed by atoms with van der Waals surface area (Å²) in [6.45, 7) is 2.55. The van der Waals surface area contributed by atoms with Crippen LogP contribution in [0.1, 0.15) is 36.9 Å². The second-order valence-electron chi connectivity index (χ2n) is 7.68. The Balaban J connectivity index is 1.51. The van der Waals surface area contributed by atoms with Crippen LogP contribution in [-0.2, 0) is 10.3 Å². The van der Waals surface area contributed by atoms with Crippen molar-refractivity contribution < 1.29 is 14.6 Å². The number of aliphatic hydroxyl groups excluding tert-OH is 1. The number of amides is 1. The lowest BCUT2D eigenvalue weighted by molar-refractivity contribution is -0.0718. The number of pyridine rings is 1. The molecule has 0 radical (unpaired) electrons. The molecule has 0 saturated carbocycles. The van der Waals surface area contributed by atoms with Gasteiger partial charge in [0.05, 0.1) is 6.04 Å². The lowest BCUT2D eigenvalue weighted by Gasteiger charge is -2.43. The van der Waals surface area contributed by atoms with Crippen LogP contribution in [0.2, 0.25) is 0 Å². The standard InChI is InChI=1S/C25H26N2O3/c1-19(20-9-11-21(12-10-20)22-6-5-15-26-18-22)27-16-13-25(14-17-28,30-24(27)29)23-7-3-2-4-8-23/h2-12,15,18-19,28H,13-14,16-17H2,1H3/t19-,25-/m0/s1. The average Bonchev–Trinajstić information content (AvgIpc) is 2.80. The van der Waals surface area contributed by atoms with Crippen LogP contribution in [0.3, 0.4) is 0 Å². The first-order valence-electron chi connectivity index (χ1n) is 10.3. The lowest BCUT2D eigenvalue weighted by Crippen LogP contribution is -2.49. The number of ether oxygens (including phenoxy) is 1. The maximum Gasteiger partial charge on any atom is 0.411 e. The van der Waals surface area contributed by atoms with Crippen molar-refractivity contribution in [2.45, 2.75) is 31.4 Å². The highest BCUT2D eigenvalue weighted by molar-refractivity contribution is 5.70. The van der Waals surface area contributed by atoms with E-state index in [0.29, 0.717) is 19.4 Å². The van der Waals surface area contributed by atoms with Crippen LogP contribution in [0.15, 0.2) is 79.1 Å². The second-order valence-corrected chi connectivity index (χ2v) is 7.68. The Bertz CT molecular complexity index is 976. The summed E-state index contributed by atoms with van der Waals surface area (Å²) < 4.78 is 5.97. The van der Waals surface area contributed by atoms with Gasteiger partial charge in [-0.25, -0.2) is 4.79 Å². The van der Waals surface area contributed by atoms with E-state index in [-0.39, 0.29) is 18.7 Å². The SMILES string of the molecule is C[C@@H](c1ccc(-c2cccnc2)cc1)N1CC[C@](CCO)(c2ccccc2)OC1=O. The Kier molecular flexibility index (Phi) is 5.81. The highest BCUT2D eigenvalue weighted by Crippen LogP contribution is 2.39. The molecule has 0 bridgehead atoms. The minimum absolute atomic E-state index is 0.0342. The van der Waals surface area contributed by atoms with Crippen molar-refractivity contribution in [3.05, 3.63) is 90.3 Å². The molecule has 1 N–H and O–H groups in total. The molecule has 154 valence electrons. The predicted molar refractivity (Wildman–Crippen MR) is 116 cm³/mol. The summed E-state index contributed by atoms with van der Waals surface area (Å²) in [6.07, 6.45) is 4.29. The van der Waals surface area contributed by atoms with Gasteiger partial charge >= 0.3 is 6.09 Å². The summed E-state index contributed by atoms with van der Waals surface area (Å²) in [5, 5.41) is 9.59. The number of hydrogen-bond donors (Lipinski definition) is 1. The van der Waals surface area contributed by atoms with Gasteiger partial charge in [-0.2, -0.15) is 0 Å². The van der Waals surface area contributed by atoms with Gasteiger partial charge in [0.1, 0.15) is 5.60 Å². The van der Waals surface area contributed by atoms with E-state index in [2.05, 4.69) is 17.1 Å². The quantitative estimate of drug-likeness (QED) is 0.635. The third kappa shape index (κ3) is 3.94. The van der Waals surface area contributed by atoms with Crippen LogP contribution in [0, 0.1) is 0 Å². The molecule has 1 amide bonds. The van der Waals surface area contributed by atoms with Crippen LogP contribution >= 0.6 is 0 Å². The first kappa shape index (κ1) is 20.1. The normalized spacial score (nSPS) is 19.9. The molecular weight excluding hydrogens is 376 g/mol. The molecule has 2 heterocycles. The molecule has 1 saturated heterocycles. The average molecular weight is 402 g/mol. The first-order valence-corrected chi connectivity index (χ1v) is 10.3. The zero-order valence-electron chi connectivity index (χ0n) is 17.1. The van der Waals surface area contributed by atoms with Gasteiger partial charge in [0.15, 0.2) is 0 Å². The Morgan fingerprint density at radius 3 is 2.47 bits per heavy atom. The van der Waals surface area contributed by atoms with E-state index >= 15 is 0 Å². The molecule has 1 fully saturated rings. The van der Waals surface area contributed by atoms with Gasteiger partial charge < -0.3 is 14.7 Å². The van der Waals surface area contributed by atoms with Crippen molar-refractivity contribution in [3.8, 4) is 11.1 Å². The zero-order valence-corrected chi connectivity index (χ0v) is 17.1. The van der Waals surface area contributed by atoms with Crippen LogP contribution in [0.4, 0.5) is 4.79 Å². The number of carbonyl (C=O) groups is 1. The maximum atomic E-state index is 13.0. The summed E-state index contributed by atoms with van der Waals surface area (Å²) in [4.78, 5) is 18.9. The fraction of sp³-hybridized carbons (Fsp3) is 0.280. The summed E-state index contributed by atoms with van der Waals surface area (Å²) in [6, 6.07) is 21.8. The monoisotopic (exact) mass is 402 g/mol. The van der Waals surface area contributed by atoms with Gasteiger partial charge in [0.25, 0.3) is 0 Å². The topological polar surface area (TPSA) is 62.7 Å². The minimum atomic E-state index is -0.770. The Hall–Kier alpha value is -3.18. The fourth-order valence-corrected chi connectivity index (χ4v) is 4.13. The van der Waals surface area contributed by atoms with Gasteiger partial charge in [-0.15, -0.1) is 0 Å². The zero-order chi connectivity index (χ0) is 21.0. The number of aliphatic hydroxyl groups is 1. The van der Waals surface area contributed by atoms with Crippen molar-refractivity contribution in [2.24, 2.45) is 0 Å². The number of cyclic esters (lactones) is 1. The second kappa shape index (κ2) is 8.67. The number of rotatable bonds is 6. The molecule has 0 spiro atoms. The molecule has 0 unspecified atom stereocenters. The van der Waals surface area contributed by atoms with Gasteiger partial charge in [-0.3, -0.25) is 4.98 Å². The fourth-order valence-electron chi connectivity index (χ4n) is 4.13. The summed E-state index contributed by atoms with van der Waals surface area (Å²) in [7, 11) is 0. The molecular formula is C25H26N2O3. The van der Waals surface area contributed by atoms with Crippen molar-refractivity contribution in [2.75, 3.05) is 13.2 Å². The molecule has 1 aliphatic heterocycles. The van der Waals surface area contributed by atoms with Gasteiger partial charge in [-0.05, 0) is 35.2 Å². The van der Waals surface area contributed by atoms with Crippen molar-refractivity contribution in [3.63, 3.8) is 0 Å². The van der Waals surface area contributed by atoms with Crippen LogP contribution in [0.25, 0.3) is 11.1 Å². The van der Waals surface area contributed by atoms with E-state index in [1.165, 1.54) is 0 Å².